The van der Waals surface area contributed by atoms with Crippen molar-refractivity contribution in [3.8, 4) is 0 Å². The van der Waals surface area contributed by atoms with E-state index in [-0.39, 0.29) is 0 Å². The van der Waals surface area contributed by atoms with Gasteiger partial charge >= 0.3 is 0 Å². The molecule has 0 heterocycles. The van der Waals surface area contributed by atoms with Gasteiger partial charge in [-0.05, 0) is 58.5 Å². The summed E-state index contributed by atoms with van der Waals surface area (Å²) in [5.74, 6) is 0.741. The third-order valence-corrected chi connectivity index (χ3v) is 4.39. The molecular formula is C16H15BrClN. The normalized spacial score (nSPS) is 16.1. The zero-order valence-corrected chi connectivity index (χ0v) is 12.8. The van der Waals surface area contributed by atoms with Crippen LogP contribution in [0.15, 0.2) is 53.0 Å². The summed E-state index contributed by atoms with van der Waals surface area (Å²) in [5.41, 5.74) is 2.46. The predicted octanol–water partition coefficient (Wildman–Crippen LogP) is 5.67. The van der Waals surface area contributed by atoms with Crippen molar-refractivity contribution in [1.29, 1.82) is 0 Å². The summed E-state index contributed by atoms with van der Waals surface area (Å²) in [5, 5.41) is 4.40. The minimum absolute atomic E-state index is 0.388. The van der Waals surface area contributed by atoms with E-state index in [4.69, 9.17) is 11.6 Å². The minimum Gasteiger partial charge on any atom is -0.377 e. The van der Waals surface area contributed by atoms with E-state index in [0.717, 1.165) is 21.1 Å². The first-order chi connectivity index (χ1) is 9.24. The molecule has 0 spiro atoms. The summed E-state index contributed by atoms with van der Waals surface area (Å²) < 4.78 is 1.02. The van der Waals surface area contributed by atoms with Crippen molar-refractivity contribution in [3.05, 3.63) is 63.6 Å². The third-order valence-electron chi connectivity index (χ3n) is 3.49. The Balaban J connectivity index is 1.86. The molecular weight excluding hydrogens is 322 g/mol. The summed E-state index contributed by atoms with van der Waals surface area (Å²) in [6.45, 7) is 0. The molecule has 1 fully saturated rings. The van der Waals surface area contributed by atoms with Crippen LogP contribution >= 0.6 is 27.5 Å². The van der Waals surface area contributed by atoms with E-state index in [0.29, 0.717) is 6.04 Å². The maximum atomic E-state index is 5.99. The quantitative estimate of drug-likeness (QED) is 0.759. The van der Waals surface area contributed by atoms with Gasteiger partial charge in [-0.15, -0.1) is 0 Å². The van der Waals surface area contributed by atoms with E-state index >= 15 is 0 Å². The molecule has 1 nitrogen and oxygen atoms in total. The first kappa shape index (κ1) is 13.0. The fourth-order valence-corrected chi connectivity index (χ4v) is 3.13. The average Bonchev–Trinajstić information content (AvgIpc) is 3.23. The third kappa shape index (κ3) is 3.13. The van der Waals surface area contributed by atoms with E-state index in [2.05, 4.69) is 51.6 Å². The molecule has 1 aliphatic rings. The molecule has 1 atom stereocenters. The van der Waals surface area contributed by atoms with Crippen LogP contribution in [0.2, 0.25) is 5.02 Å². The number of anilines is 1. The number of halogens is 2. The molecule has 2 aromatic rings. The molecule has 1 N–H and O–H groups in total. The Morgan fingerprint density at radius 2 is 1.84 bits per heavy atom. The maximum absolute atomic E-state index is 5.99. The Morgan fingerprint density at radius 3 is 2.47 bits per heavy atom. The minimum atomic E-state index is 0.388. The summed E-state index contributed by atoms with van der Waals surface area (Å²) in [4.78, 5) is 0. The lowest BCUT2D eigenvalue weighted by Gasteiger charge is -2.21. The van der Waals surface area contributed by atoms with Crippen molar-refractivity contribution in [3.63, 3.8) is 0 Å². The van der Waals surface area contributed by atoms with Crippen molar-refractivity contribution in [2.45, 2.75) is 18.9 Å². The van der Waals surface area contributed by atoms with Crippen LogP contribution in [0.5, 0.6) is 0 Å². The predicted molar refractivity (Wildman–Crippen MR) is 84.7 cm³/mol. The number of hydrogen-bond acceptors (Lipinski definition) is 1. The first-order valence-corrected chi connectivity index (χ1v) is 7.67. The fourth-order valence-electron chi connectivity index (χ4n) is 2.34. The van der Waals surface area contributed by atoms with Gasteiger partial charge in [0.15, 0.2) is 0 Å². The summed E-state index contributed by atoms with van der Waals surface area (Å²) in [6.07, 6.45) is 2.61. The van der Waals surface area contributed by atoms with Crippen LogP contribution in [-0.2, 0) is 0 Å². The lowest BCUT2D eigenvalue weighted by Crippen LogP contribution is -2.13. The van der Waals surface area contributed by atoms with Gasteiger partial charge < -0.3 is 5.32 Å². The second kappa shape index (κ2) is 5.56. The van der Waals surface area contributed by atoms with Crippen LogP contribution in [-0.4, -0.2) is 0 Å². The van der Waals surface area contributed by atoms with E-state index in [1.165, 1.54) is 18.4 Å². The SMILES string of the molecule is Clc1ccc(NC(c2ccccc2)C2CC2)c(Br)c1. The number of nitrogens with one attached hydrogen (secondary N) is 1. The van der Waals surface area contributed by atoms with Gasteiger partial charge in [0, 0.05) is 15.2 Å². The lowest BCUT2D eigenvalue weighted by molar-refractivity contribution is 0.678. The summed E-state index contributed by atoms with van der Waals surface area (Å²) in [6, 6.07) is 16.9. The largest absolute Gasteiger partial charge is 0.377 e. The molecule has 19 heavy (non-hydrogen) atoms. The van der Waals surface area contributed by atoms with Gasteiger partial charge in [0.25, 0.3) is 0 Å². The smallest absolute Gasteiger partial charge is 0.0542 e. The fraction of sp³-hybridized carbons (Fsp3) is 0.250. The van der Waals surface area contributed by atoms with Crippen molar-refractivity contribution in [2.75, 3.05) is 5.32 Å². The molecule has 0 amide bonds. The van der Waals surface area contributed by atoms with Crippen LogP contribution in [0.25, 0.3) is 0 Å². The highest BCUT2D eigenvalue weighted by Crippen LogP contribution is 2.43. The number of rotatable bonds is 4. The Kier molecular flexibility index (Phi) is 3.81. The molecule has 3 heteroatoms. The van der Waals surface area contributed by atoms with Crippen LogP contribution in [0.4, 0.5) is 5.69 Å². The van der Waals surface area contributed by atoms with Gasteiger partial charge in [-0.1, -0.05) is 41.9 Å². The molecule has 0 aromatic heterocycles. The molecule has 98 valence electrons. The molecule has 1 aliphatic carbocycles. The second-order valence-corrected chi connectivity index (χ2v) is 6.29. The maximum Gasteiger partial charge on any atom is 0.0542 e. The van der Waals surface area contributed by atoms with Gasteiger partial charge in [0.1, 0.15) is 0 Å². The second-order valence-electron chi connectivity index (χ2n) is 4.99. The van der Waals surface area contributed by atoms with E-state index < -0.39 is 0 Å². The highest BCUT2D eigenvalue weighted by atomic mass is 79.9. The molecule has 0 saturated heterocycles. The van der Waals surface area contributed by atoms with Gasteiger partial charge in [-0.2, -0.15) is 0 Å². The Bertz CT molecular complexity index is 566. The van der Waals surface area contributed by atoms with Gasteiger partial charge in [-0.3, -0.25) is 0 Å². The van der Waals surface area contributed by atoms with Crippen LogP contribution < -0.4 is 5.32 Å². The first-order valence-electron chi connectivity index (χ1n) is 6.50. The molecule has 0 aliphatic heterocycles. The lowest BCUT2D eigenvalue weighted by atomic mass is 10.0. The van der Waals surface area contributed by atoms with E-state index in [1.54, 1.807) is 0 Å². The van der Waals surface area contributed by atoms with Crippen molar-refractivity contribution >= 4 is 33.2 Å². The van der Waals surface area contributed by atoms with Crippen LogP contribution in [0.1, 0.15) is 24.4 Å². The van der Waals surface area contributed by atoms with Gasteiger partial charge in [0.05, 0.1) is 6.04 Å². The molecule has 0 bridgehead atoms. The Hall–Kier alpha value is -0.990. The zero-order valence-electron chi connectivity index (χ0n) is 10.4. The van der Waals surface area contributed by atoms with E-state index in [9.17, 15) is 0 Å². The van der Waals surface area contributed by atoms with E-state index in [1.807, 2.05) is 18.2 Å². The van der Waals surface area contributed by atoms with Gasteiger partial charge in [-0.25, -0.2) is 0 Å². The van der Waals surface area contributed by atoms with Crippen molar-refractivity contribution in [2.24, 2.45) is 5.92 Å². The highest BCUT2D eigenvalue weighted by Gasteiger charge is 2.32. The van der Waals surface area contributed by atoms with Gasteiger partial charge in [0.2, 0.25) is 0 Å². The van der Waals surface area contributed by atoms with Crippen LogP contribution in [0.3, 0.4) is 0 Å². The number of hydrogen-bond donors (Lipinski definition) is 1. The molecule has 1 saturated carbocycles. The average molecular weight is 337 g/mol. The van der Waals surface area contributed by atoms with Crippen molar-refractivity contribution < 1.29 is 0 Å². The monoisotopic (exact) mass is 335 g/mol. The number of benzene rings is 2. The summed E-state index contributed by atoms with van der Waals surface area (Å²) >= 11 is 9.56. The molecule has 0 radical (unpaired) electrons. The zero-order chi connectivity index (χ0) is 13.2. The molecule has 2 aromatic carbocycles. The topological polar surface area (TPSA) is 12.0 Å². The molecule has 1 unspecified atom stereocenters. The Morgan fingerprint density at radius 1 is 1.11 bits per heavy atom. The summed E-state index contributed by atoms with van der Waals surface area (Å²) in [7, 11) is 0. The standard InChI is InChI=1S/C16H15BrClN/c17-14-10-13(18)8-9-15(14)19-16(12-6-7-12)11-4-2-1-3-5-11/h1-5,8-10,12,16,19H,6-7H2. The molecule has 3 rings (SSSR count). The Labute approximate surface area is 127 Å². The highest BCUT2D eigenvalue weighted by molar-refractivity contribution is 9.10. The van der Waals surface area contributed by atoms with Crippen molar-refractivity contribution in [1.82, 2.24) is 0 Å². The van der Waals surface area contributed by atoms with Crippen LogP contribution in [0, 0.1) is 5.92 Å².